The van der Waals surface area contributed by atoms with Gasteiger partial charge in [-0.1, -0.05) is 19.1 Å². The summed E-state index contributed by atoms with van der Waals surface area (Å²) in [6.45, 7) is 5.68. The van der Waals surface area contributed by atoms with E-state index in [1.807, 2.05) is 45.2 Å². The molecule has 0 bridgehead atoms. The lowest BCUT2D eigenvalue weighted by Gasteiger charge is -2.42. The Balaban J connectivity index is 1.68. The number of urea groups is 1. The number of ether oxygens (including phenoxy) is 1. The summed E-state index contributed by atoms with van der Waals surface area (Å²) in [6.07, 6.45) is 0.398. The molecule has 8 nitrogen and oxygen atoms in total. The Morgan fingerprint density at radius 3 is 2.74 bits per heavy atom. The zero-order chi connectivity index (χ0) is 24.2. The van der Waals surface area contributed by atoms with Gasteiger partial charge in [0.05, 0.1) is 7.11 Å². The monoisotopic (exact) mass is 462 g/mol. The Kier molecular flexibility index (Phi) is 5.28. The second-order valence-corrected chi connectivity index (χ2v) is 9.38. The van der Waals surface area contributed by atoms with E-state index < -0.39 is 11.6 Å². The number of benzene rings is 2. The number of hydrogen-bond acceptors (Lipinski definition) is 5. The van der Waals surface area contributed by atoms with Gasteiger partial charge in [0, 0.05) is 36.1 Å². The number of methoxy groups -OCH3 is 1. The maximum atomic E-state index is 13.8. The minimum Gasteiger partial charge on any atom is -0.508 e. The number of aromatic nitrogens is 1. The second-order valence-electron chi connectivity index (χ2n) is 9.38. The SMILES string of the molecule is CCN(C)CCN1C(=O)N2[C@H](c3cccc(O)c3)c3[nH]c4ccc(OC)cc4c3C[C@@]2(C)C1=O. The summed E-state index contributed by atoms with van der Waals surface area (Å²) in [5, 5.41) is 11.2. The van der Waals surface area contributed by atoms with Gasteiger partial charge < -0.3 is 19.7 Å². The fraction of sp³-hybridized carbons (Fsp3) is 0.385. The number of fused-ring (bicyclic) bond motifs is 4. The summed E-state index contributed by atoms with van der Waals surface area (Å²) in [5.74, 6) is 0.660. The fourth-order valence-electron chi connectivity index (χ4n) is 5.29. The van der Waals surface area contributed by atoms with Gasteiger partial charge in [-0.2, -0.15) is 0 Å². The summed E-state index contributed by atoms with van der Waals surface area (Å²) in [7, 11) is 3.60. The molecule has 2 aliphatic heterocycles. The number of phenols is 1. The molecule has 1 fully saturated rings. The number of likely N-dealkylation sites (N-methyl/N-ethyl adjacent to an activating group) is 1. The number of carbonyl (C=O) groups is 2. The normalized spacial score (nSPS) is 22.0. The van der Waals surface area contributed by atoms with E-state index in [1.165, 1.54) is 4.90 Å². The third-order valence-electron chi connectivity index (χ3n) is 7.30. The number of carbonyl (C=O) groups excluding carboxylic acids is 2. The number of aromatic amines is 1. The van der Waals surface area contributed by atoms with Gasteiger partial charge in [-0.25, -0.2) is 4.79 Å². The fourth-order valence-corrected chi connectivity index (χ4v) is 5.29. The van der Waals surface area contributed by atoms with E-state index in [-0.39, 0.29) is 17.7 Å². The number of hydrogen-bond donors (Lipinski definition) is 2. The summed E-state index contributed by atoms with van der Waals surface area (Å²) < 4.78 is 5.45. The van der Waals surface area contributed by atoms with Crippen molar-refractivity contribution in [2.45, 2.75) is 31.8 Å². The molecule has 1 saturated heterocycles. The number of amides is 3. The van der Waals surface area contributed by atoms with Crippen LogP contribution in [0.15, 0.2) is 42.5 Å². The van der Waals surface area contributed by atoms with Crippen molar-refractivity contribution in [1.29, 1.82) is 0 Å². The molecule has 3 aromatic rings. The van der Waals surface area contributed by atoms with Crippen LogP contribution in [0.25, 0.3) is 10.9 Å². The first-order valence-corrected chi connectivity index (χ1v) is 11.6. The average molecular weight is 463 g/mol. The van der Waals surface area contributed by atoms with Crippen molar-refractivity contribution in [2.24, 2.45) is 0 Å². The Bertz CT molecular complexity index is 1290. The lowest BCUT2D eigenvalue weighted by atomic mass is 9.81. The van der Waals surface area contributed by atoms with E-state index >= 15 is 0 Å². The number of H-pyrrole nitrogens is 1. The summed E-state index contributed by atoms with van der Waals surface area (Å²) >= 11 is 0. The first-order chi connectivity index (χ1) is 16.3. The Labute approximate surface area is 198 Å². The average Bonchev–Trinajstić information content (AvgIpc) is 3.27. The van der Waals surface area contributed by atoms with Crippen molar-refractivity contribution in [2.75, 3.05) is 33.8 Å². The smallest absolute Gasteiger partial charge is 0.328 e. The molecule has 0 aliphatic carbocycles. The zero-order valence-corrected chi connectivity index (χ0v) is 20.0. The molecule has 8 heteroatoms. The van der Waals surface area contributed by atoms with Gasteiger partial charge >= 0.3 is 6.03 Å². The van der Waals surface area contributed by atoms with Gasteiger partial charge in [0.2, 0.25) is 0 Å². The van der Waals surface area contributed by atoms with Crippen LogP contribution in [0.3, 0.4) is 0 Å². The van der Waals surface area contributed by atoms with E-state index in [1.54, 1.807) is 30.2 Å². The third kappa shape index (κ3) is 3.24. The molecule has 34 heavy (non-hydrogen) atoms. The number of imide groups is 1. The largest absolute Gasteiger partial charge is 0.508 e. The van der Waals surface area contributed by atoms with Crippen LogP contribution in [0.2, 0.25) is 0 Å². The molecule has 0 radical (unpaired) electrons. The second kappa shape index (κ2) is 8.06. The maximum Gasteiger partial charge on any atom is 0.328 e. The predicted molar refractivity (Wildman–Crippen MR) is 129 cm³/mol. The van der Waals surface area contributed by atoms with Crippen LogP contribution in [0, 0.1) is 0 Å². The molecular formula is C26H30N4O4. The van der Waals surface area contributed by atoms with Crippen LogP contribution in [0.5, 0.6) is 11.5 Å². The van der Waals surface area contributed by atoms with Crippen molar-refractivity contribution in [1.82, 2.24) is 19.7 Å². The van der Waals surface area contributed by atoms with E-state index in [0.717, 1.165) is 40.0 Å². The molecule has 0 unspecified atom stereocenters. The summed E-state index contributed by atoms with van der Waals surface area (Å²) in [6, 6.07) is 11.9. The number of nitrogens with one attached hydrogen (secondary N) is 1. The van der Waals surface area contributed by atoms with Gasteiger partial charge in [0.1, 0.15) is 23.1 Å². The van der Waals surface area contributed by atoms with Gasteiger partial charge in [-0.15, -0.1) is 0 Å². The van der Waals surface area contributed by atoms with Crippen LogP contribution in [-0.4, -0.2) is 76.1 Å². The molecular weight excluding hydrogens is 432 g/mol. The highest BCUT2D eigenvalue weighted by atomic mass is 16.5. The molecule has 3 heterocycles. The molecule has 2 N–H and O–H groups in total. The first-order valence-electron chi connectivity index (χ1n) is 11.6. The van der Waals surface area contributed by atoms with Crippen molar-refractivity contribution in [3.63, 3.8) is 0 Å². The predicted octanol–water partition coefficient (Wildman–Crippen LogP) is 3.50. The van der Waals surface area contributed by atoms with Crippen molar-refractivity contribution < 1.29 is 19.4 Å². The van der Waals surface area contributed by atoms with Crippen LogP contribution < -0.4 is 4.74 Å². The highest BCUT2D eigenvalue weighted by Crippen LogP contribution is 2.49. The third-order valence-corrected chi connectivity index (χ3v) is 7.30. The van der Waals surface area contributed by atoms with Crippen molar-refractivity contribution in [3.05, 3.63) is 59.3 Å². The first kappa shape index (κ1) is 22.3. The van der Waals surface area contributed by atoms with Crippen LogP contribution in [0.1, 0.15) is 36.7 Å². The van der Waals surface area contributed by atoms with E-state index in [4.69, 9.17) is 4.74 Å². The molecule has 3 amide bonds. The van der Waals surface area contributed by atoms with Gasteiger partial charge in [-0.3, -0.25) is 14.6 Å². The number of nitrogens with zero attached hydrogens (tertiary/aromatic N) is 3. The minimum absolute atomic E-state index is 0.114. The van der Waals surface area contributed by atoms with E-state index in [0.29, 0.717) is 19.5 Å². The highest BCUT2D eigenvalue weighted by Gasteiger charge is 2.60. The van der Waals surface area contributed by atoms with Gasteiger partial charge in [0.25, 0.3) is 5.91 Å². The molecule has 1 aromatic heterocycles. The molecule has 178 valence electrons. The van der Waals surface area contributed by atoms with E-state index in [2.05, 4.69) is 9.88 Å². The maximum absolute atomic E-state index is 13.8. The van der Waals surface area contributed by atoms with Crippen LogP contribution in [-0.2, 0) is 11.2 Å². The topological polar surface area (TPSA) is 89.1 Å². The lowest BCUT2D eigenvalue weighted by Crippen LogP contribution is -2.53. The summed E-state index contributed by atoms with van der Waals surface area (Å²) in [4.78, 5) is 36.2. The van der Waals surface area contributed by atoms with Crippen LogP contribution >= 0.6 is 0 Å². The minimum atomic E-state index is -1.04. The highest BCUT2D eigenvalue weighted by molar-refractivity contribution is 6.08. The van der Waals surface area contributed by atoms with Gasteiger partial charge in [0.15, 0.2) is 0 Å². The molecule has 2 atom stereocenters. The summed E-state index contributed by atoms with van der Waals surface area (Å²) in [5.41, 5.74) is 2.49. The quantitative estimate of drug-likeness (QED) is 0.548. The Morgan fingerprint density at radius 2 is 2.03 bits per heavy atom. The van der Waals surface area contributed by atoms with Crippen molar-refractivity contribution in [3.8, 4) is 11.5 Å². The number of rotatable bonds is 6. The van der Waals surface area contributed by atoms with E-state index in [9.17, 15) is 14.7 Å². The zero-order valence-electron chi connectivity index (χ0n) is 20.0. The molecule has 2 aromatic carbocycles. The Morgan fingerprint density at radius 1 is 1.24 bits per heavy atom. The Hall–Kier alpha value is -3.52. The van der Waals surface area contributed by atoms with Crippen LogP contribution in [0.4, 0.5) is 4.79 Å². The molecule has 0 spiro atoms. The number of aromatic hydroxyl groups is 1. The van der Waals surface area contributed by atoms with Crippen molar-refractivity contribution >= 4 is 22.8 Å². The molecule has 5 rings (SSSR count). The number of phenolic OH excluding ortho intramolecular Hbond substituents is 1. The molecule has 0 saturated carbocycles. The van der Waals surface area contributed by atoms with Gasteiger partial charge in [-0.05, 0) is 62.0 Å². The standard InChI is InChI=1S/C26H30N4O4/c1-5-28(3)11-12-29-24(32)26(2)15-20-19-14-18(34-4)9-10-21(19)27-22(20)23(30(26)25(29)33)16-7-6-8-17(31)13-16/h6-10,13-14,23,27,31H,5,11-12,15H2,1-4H3/t23-,26+/m1/s1. The lowest BCUT2D eigenvalue weighted by molar-refractivity contribution is -0.133. The molecule has 2 aliphatic rings.